The van der Waals surface area contributed by atoms with E-state index in [0.717, 1.165) is 46.0 Å². The van der Waals surface area contributed by atoms with E-state index < -0.39 is 5.92 Å². The minimum Gasteiger partial charge on any atom is -0.338 e. The van der Waals surface area contributed by atoms with Crippen LogP contribution in [0.2, 0.25) is 0 Å². The molecule has 168 valence electrons. The smallest absolute Gasteiger partial charge is 0.255 e. The first-order valence-corrected chi connectivity index (χ1v) is 11.3. The van der Waals surface area contributed by atoms with Gasteiger partial charge in [-0.15, -0.1) is 0 Å². The van der Waals surface area contributed by atoms with Crippen molar-refractivity contribution in [3.8, 4) is 11.1 Å². The molecule has 6 rings (SSSR count). The van der Waals surface area contributed by atoms with Gasteiger partial charge in [-0.1, -0.05) is 24.3 Å². The molecule has 1 saturated heterocycles. The van der Waals surface area contributed by atoms with Crippen molar-refractivity contribution in [2.75, 3.05) is 20.1 Å². The molecule has 1 aromatic heterocycles. The largest absolute Gasteiger partial charge is 0.338 e. The maximum atomic E-state index is 13.5. The van der Waals surface area contributed by atoms with Crippen LogP contribution in [0, 0.1) is 0 Å². The van der Waals surface area contributed by atoms with Crippen LogP contribution < -0.4 is 0 Å². The lowest BCUT2D eigenvalue weighted by atomic mass is 9.95. The van der Waals surface area contributed by atoms with Gasteiger partial charge in [0, 0.05) is 55.7 Å². The quantitative estimate of drug-likeness (QED) is 0.565. The maximum absolute atomic E-state index is 13.5. The van der Waals surface area contributed by atoms with Crippen molar-refractivity contribution in [3.05, 3.63) is 65.4 Å². The lowest BCUT2D eigenvalue weighted by Gasteiger charge is -2.31. The fraction of sp³-hybridized carbons (Fsp3) is 0.346. The Hall–Kier alpha value is -3.35. The number of rotatable bonds is 2. The van der Waals surface area contributed by atoms with Crippen LogP contribution >= 0.6 is 0 Å². The van der Waals surface area contributed by atoms with Crippen molar-refractivity contribution in [1.29, 1.82) is 0 Å². The maximum Gasteiger partial charge on any atom is 0.255 e. The summed E-state index contributed by atoms with van der Waals surface area (Å²) in [7, 11) is 1.87. The highest BCUT2D eigenvalue weighted by atomic mass is 19.3. The summed E-state index contributed by atoms with van der Waals surface area (Å²) in [6.07, 6.45) is 2.89. The van der Waals surface area contributed by atoms with E-state index in [1.54, 1.807) is 6.07 Å². The average Bonchev–Trinajstić information content (AvgIpc) is 3.60. The van der Waals surface area contributed by atoms with E-state index in [9.17, 15) is 18.4 Å². The first-order valence-electron chi connectivity index (χ1n) is 11.3. The fourth-order valence-electron chi connectivity index (χ4n) is 5.29. The number of piperidine rings is 1. The molecule has 1 aliphatic carbocycles. The second kappa shape index (κ2) is 6.83. The summed E-state index contributed by atoms with van der Waals surface area (Å²) in [4.78, 5) is 33.4. The molecule has 0 atom stereocenters. The van der Waals surface area contributed by atoms with Crippen molar-refractivity contribution in [3.63, 3.8) is 0 Å². The Morgan fingerprint density at radius 2 is 1.76 bits per heavy atom. The zero-order valence-corrected chi connectivity index (χ0v) is 18.3. The van der Waals surface area contributed by atoms with Crippen molar-refractivity contribution in [1.82, 2.24) is 14.8 Å². The van der Waals surface area contributed by atoms with Crippen LogP contribution in [0.25, 0.3) is 22.0 Å². The summed E-state index contributed by atoms with van der Waals surface area (Å²) in [5.74, 6) is -2.88. The third-order valence-electron chi connectivity index (χ3n) is 7.47. The van der Waals surface area contributed by atoms with E-state index in [-0.39, 0.29) is 43.3 Å². The Morgan fingerprint density at radius 1 is 1.00 bits per heavy atom. The molecule has 2 aliphatic heterocycles. The second-order valence-electron chi connectivity index (χ2n) is 9.41. The number of halogens is 2. The van der Waals surface area contributed by atoms with Crippen LogP contribution in [-0.2, 0) is 5.54 Å². The molecule has 2 aromatic carbocycles. The second-order valence-corrected chi connectivity index (χ2v) is 9.41. The number of hydrogen-bond acceptors (Lipinski definition) is 3. The number of amides is 2. The van der Waals surface area contributed by atoms with Crippen molar-refractivity contribution < 1.29 is 18.4 Å². The number of aromatic nitrogens is 1. The monoisotopic (exact) mass is 447 g/mol. The van der Waals surface area contributed by atoms with Crippen molar-refractivity contribution >= 4 is 22.7 Å². The van der Waals surface area contributed by atoms with Gasteiger partial charge in [-0.05, 0) is 42.2 Å². The highest BCUT2D eigenvalue weighted by molar-refractivity contribution is 6.03. The number of benzene rings is 2. The fourth-order valence-corrected chi connectivity index (χ4v) is 5.29. The van der Waals surface area contributed by atoms with Crippen LogP contribution in [-0.4, -0.2) is 52.7 Å². The van der Waals surface area contributed by atoms with Crippen LogP contribution in [0.15, 0.2) is 48.7 Å². The molecule has 3 heterocycles. The number of nitrogens with zero attached hydrogens (tertiary/aromatic N) is 3. The van der Waals surface area contributed by atoms with E-state index in [0.29, 0.717) is 5.56 Å². The van der Waals surface area contributed by atoms with E-state index >= 15 is 0 Å². The predicted octanol–water partition coefficient (Wildman–Crippen LogP) is 4.85. The molecule has 1 spiro atoms. The highest BCUT2D eigenvalue weighted by Gasteiger charge is 2.56. The molecule has 7 heteroatoms. The first-order chi connectivity index (χ1) is 15.8. The minimum atomic E-state index is -2.69. The molecule has 2 fully saturated rings. The van der Waals surface area contributed by atoms with E-state index in [2.05, 4.69) is 11.1 Å². The lowest BCUT2D eigenvalue weighted by molar-refractivity contribution is -0.0494. The van der Waals surface area contributed by atoms with Crippen LogP contribution in [0.1, 0.15) is 52.0 Å². The van der Waals surface area contributed by atoms with Gasteiger partial charge in [0.1, 0.15) is 0 Å². The molecule has 3 aliphatic rings. The lowest BCUT2D eigenvalue weighted by Crippen LogP contribution is -2.42. The topological polar surface area (TPSA) is 53.5 Å². The van der Waals surface area contributed by atoms with Crippen molar-refractivity contribution in [2.24, 2.45) is 0 Å². The number of likely N-dealkylation sites (tertiary alicyclic amines) is 1. The summed E-state index contributed by atoms with van der Waals surface area (Å²) in [5, 5.41) is 0.815. The van der Waals surface area contributed by atoms with Crippen LogP contribution in [0.3, 0.4) is 0 Å². The molecule has 0 bridgehead atoms. The Morgan fingerprint density at radius 3 is 2.48 bits per heavy atom. The van der Waals surface area contributed by atoms with E-state index in [4.69, 9.17) is 0 Å². The molecule has 2 amide bonds. The molecule has 0 radical (unpaired) electrons. The first kappa shape index (κ1) is 20.3. The summed E-state index contributed by atoms with van der Waals surface area (Å²) in [6, 6.07) is 13.6. The van der Waals surface area contributed by atoms with Crippen LogP contribution in [0.5, 0.6) is 0 Å². The van der Waals surface area contributed by atoms with Gasteiger partial charge in [0.25, 0.3) is 17.7 Å². The van der Waals surface area contributed by atoms with Gasteiger partial charge in [0.15, 0.2) is 0 Å². The minimum absolute atomic E-state index is 0.0496. The van der Waals surface area contributed by atoms with Gasteiger partial charge < -0.3 is 9.80 Å². The average molecular weight is 447 g/mol. The normalized spacial score (nSPS) is 20.4. The summed E-state index contributed by atoms with van der Waals surface area (Å²) < 4.78 is 26.9. The van der Waals surface area contributed by atoms with E-state index in [1.807, 2.05) is 42.3 Å². The molecular weight excluding hydrogens is 424 g/mol. The molecule has 5 nitrogen and oxygen atoms in total. The Kier molecular flexibility index (Phi) is 4.19. The Bertz CT molecular complexity index is 1320. The number of para-hydroxylation sites is 1. The number of carbonyl (C=O) groups excluding carboxylic acids is 2. The van der Waals surface area contributed by atoms with Gasteiger partial charge in [0.05, 0.1) is 16.6 Å². The van der Waals surface area contributed by atoms with Gasteiger partial charge in [0.2, 0.25) is 0 Å². The molecule has 1 saturated carbocycles. The molecular formula is C26H23F2N3O2. The summed E-state index contributed by atoms with van der Waals surface area (Å²) in [5.41, 5.74) is 4.78. The van der Waals surface area contributed by atoms with E-state index in [1.165, 1.54) is 11.1 Å². The number of hydrogen-bond donors (Lipinski definition) is 0. The third kappa shape index (κ3) is 3.05. The van der Waals surface area contributed by atoms with Gasteiger partial charge in [-0.2, -0.15) is 0 Å². The molecule has 3 aromatic rings. The van der Waals surface area contributed by atoms with Crippen molar-refractivity contribution in [2.45, 2.75) is 37.1 Å². The summed E-state index contributed by atoms with van der Waals surface area (Å²) in [6.45, 7) is 0.0991. The highest BCUT2D eigenvalue weighted by Crippen LogP contribution is 2.56. The van der Waals surface area contributed by atoms with Crippen LogP contribution in [0.4, 0.5) is 8.78 Å². The predicted molar refractivity (Wildman–Crippen MR) is 120 cm³/mol. The Balaban J connectivity index is 1.35. The number of pyridine rings is 1. The number of alkyl halides is 2. The van der Waals surface area contributed by atoms with Gasteiger partial charge in [-0.25, -0.2) is 8.78 Å². The molecule has 0 unspecified atom stereocenters. The summed E-state index contributed by atoms with van der Waals surface area (Å²) >= 11 is 0. The SMILES string of the molecule is CN1C(=O)c2ccc(-c3cccc4cc(C(=O)N5CCC(F)(F)CC5)cnc34)cc2C12CC2. The Labute approximate surface area is 190 Å². The third-order valence-corrected chi connectivity index (χ3v) is 7.47. The zero-order valence-electron chi connectivity index (χ0n) is 18.3. The number of carbonyl (C=O) groups is 2. The van der Waals surface area contributed by atoms with Gasteiger partial charge in [-0.3, -0.25) is 14.6 Å². The molecule has 0 N–H and O–H groups in total. The molecule has 33 heavy (non-hydrogen) atoms. The standard InChI is InChI=1S/C26H23F2N3O2/c1-30-24(33)20-6-5-16(14-21(20)25(30)7-8-25)19-4-2-3-17-13-18(15-29-22(17)19)23(32)31-11-9-26(27,28)10-12-31/h2-6,13-15H,7-12H2,1H3. The number of fused-ring (bicyclic) bond motifs is 3. The zero-order chi connectivity index (χ0) is 23.0. The van der Waals surface area contributed by atoms with Gasteiger partial charge >= 0.3 is 0 Å².